The molecule has 0 unspecified atom stereocenters. The molecule has 0 spiro atoms. The summed E-state index contributed by atoms with van der Waals surface area (Å²) in [7, 11) is 3.11. The van der Waals surface area contributed by atoms with Crippen LogP contribution in [0.15, 0.2) is 66.7 Å². The van der Waals surface area contributed by atoms with Crippen LogP contribution in [0.2, 0.25) is 0 Å². The van der Waals surface area contributed by atoms with Gasteiger partial charge in [0, 0.05) is 11.1 Å². The largest absolute Gasteiger partial charge is 0.497 e. The highest BCUT2D eigenvalue weighted by Crippen LogP contribution is 2.27. The van der Waals surface area contributed by atoms with Crippen LogP contribution in [0.5, 0.6) is 23.0 Å². The van der Waals surface area contributed by atoms with Crippen molar-refractivity contribution in [2.45, 2.75) is 6.92 Å². The number of ketones is 1. The van der Waals surface area contributed by atoms with E-state index in [2.05, 4.69) is 5.32 Å². The lowest BCUT2D eigenvalue weighted by Crippen LogP contribution is -2.13. The van der Waals surface area contributed by atoms with Crippen molar-refractivity contribution in [2.24, 2.45) is 0 Å². The zero-order chi connectivity index (χ0) is 20.8. The van der Waals surface area contributed by atoms with Crippen LogP contribution < -0.4 is 19.5 Å². The molecule has 0 saturated heterocycles. The first kappa shape index (κ1) is 19.9. The normalized spacial score (nSPS) is 10.2. The first-order valence-electron chi connectivity index (χ1n) is 8.92. The zero-order valence-electron chi connectivity index (χ0n) is 16.4. The van der Waals surface area contributed by atoms with Crippen LogP contribution in [-0.4, -0.2) is 25.9 Å². The fraction of sp³-hybridized carbons (Fsp3) is 0.130. The van der Waals surface area contributed by atoms with Crippen LogP contribution in [0.3, 0.4) is 0 Å². The molecule has 0 aromatic heterocycles. The van der Waals surface area contributed by atoms with Gasteiger partial charge < -0.3 is 19.5 Å². The number of hydrogen-bond acceptors (Lipinski definition) is 5. The Hall–Kier alpha value is -3.80. The van der Waals surface area contributed by atoms with Gasteiger partial charge in [-0.1, -0.05) is 0 Å². The SMILES string of the molecule is COc1ccc(Oc2ccc(C(=O)Nc3cc(C(C)=O)ccc3OC)cc2)cc1. The van der Waals surface area contributed by atoms with Gasteiger partial charge in [-0.2, -0.15) is 0 Å². The van der Waals surface area contributed by atoms with Crippen molar-refractivity contribution in [2.75, 3.05) is 19.5 Å². The van der Waals surface area contributed by atoms with E-state index in [1.54, 1.807) is 73.8 Å². The number of carbonyl (C=O) groups is 2. The Labute approximate surface area is 169 Å². The van der Waals surface area contributed by atoms with Crippen LogP contribution >= 0.6 is 0 Å². The van der Waals surface area contributed by atoms with Crippen LogP contribution in [0.25, 0.3) is 0 Å². The van der Waals surface area contributed by atoms with E-state index in [-0.39, 0.29) is 11.7 Å². The molecule has 3 aromatic carbocycles. The van der Waals surface area contributed by atoms with Crippen molar-refractivity contribution >= 4 is 17.4 Å². The third-order valence-electron chi connectivity index (χ3n) is 4.27. The topological polar surface area (TPSA) is 73.9 Å². The summed E-state index contributed by atoms with van der Waals surface area (Å²) in [6, 6.07) is 18.9. The van der Waals surface area contributed by atoms with Crippen molar-refractivity contribution in [1.82, 2.24) is 0 Å². The predicted molar refractivity (Wildman–Crippen MR) is 110 cm³/mol. The van der Waals surface area contributed by atoms with Gasteiger partial charge >= 0.3 is 0 Å². The molecule has 0 aliphatic carbocycles. The van der Waals surface area contributed by atoms with E-state index in [4.69, 9.17) is 14.2 Å². The van der Waals surface area contributed by atoms with E-state index < -0.39 is 0 Å². The molecule has 0 fully saturated rings. The van der Waals surface area contributed by atoms with E-state index in [1.807, 2.05) is 0 Å². The molecule has 0 heterocycles. The van der Waals surface area contributed by atoms with Crippen molar-refractivity contribution in [3.63, 3.8) is 0 Å². The van der Waals surface area contributed by atoms with Gasteiger partial charge in [0.1, 0.15) is 23.0 Å². The van der Waals surface area contributed by atoms with Crippen LogP contribution in [0.1, 0.15) is 27.6 Å². The van der Waals surface area contributed by atoms with Gasteiger partial charge in [-0.3, -0.25) is 9.59 Å². The summed E-state index contributed by atoms with van der Waals surface area (Å²) in [5.41, 5.74) is 1.37. The molecule has 6 heteroatoms. The second-order valence-corrected chi connectivity index (χ2v) is 6.23. The smallest absolute Gasteiger partial charge is 0.255 e. The first-order chi connectivity index (χ1) is 14.0. The Morgan fingerprint density at radius 1 is 0.724 bits per heavy atom. The van der Waals surface area contributed by atoms with Crippen molar-refractivity contribution < 1.29 is 23.8 Å². The second-order valence-electron chi connectivity index (χ2n) is 6.23. The van der Waals surface area contributed by atoms with Crippen molar-refractivity contribution in [3.05, 3.63) is 77.9 Å². The molecule has 3 aromatic rings. The highest BCUT2D eigenvalue weighted by atomic mass is 16.5. The van der Waals surface area contributed by atoms with Gasteiger partial charge in [0.05, 0.1) is 19.9 Å². The number of rotatable bonds is 7. The summed E-state index contributed by atoms with van der Waals surface area (Å²) >= 11 is 0. The minimum Gasteiger partial charge on any atom is -0.497 e. The minimum atomic E-state index is -0.319. The maximum absolute atomic E-state index is 12.6. The van der Waals surface area contributed by atoms with Gasteiger partial charge in [-0.15, -0.1) is 0 Å². The number of benzene rings is 3. The molecule has 3 rings (SSSR count). The van der Waals surface area contributed by atoms with E-state index in [1.165, 1.54) is 14.0 Å². The minimum absolute atomic E-state index is 0.0943. The quantitative estimate of drug-likeness (QED) is 0.577. The summed E-state index contributed by atoms with van der Waals surface area (Å²) < 4.78 is 16.1. The maximum Gasteiger partial charge on any atom is 0.255 e. The number of ether oxygens (including phenoxy) is 3. The molecule has 0 aliphatic rings. The fourth-order valence-electron chi connectivity index (χ4n) is 2.67. The third kappa shape index (κ3) is 4.93. The molecular weight excluding hydrogens is 370 g/mol. The van der Waals surface area contributed by atoms with Gasteiger partial charge in [-0.25, -0.2) is 0 Å². The Bertz CT molecular complexity index is 1010. The second kappa shape index (κ2) is 8.93. The van der Waals surface area contributed by atoms with Crippen LogP contribution in [0, 0.1) is 0 Å². The monoisotopic (exact) mass is 391 g/mol. The molecule has 6 nitrogen and oxygen atoms in total. The summed E-state index contributed by atoms with van der Waals surface area (Å²) in [6.07, 6.45) is 0. The summed E-state index contributed by atoms with van der Waals surface area (Å²) in [4.78, 5) is 24.2. The fourth-order valence-corrected chi connectivity index (χ4v) is 2.67. The number of methoxy groups -OCH3 is 2. The number of carbonyl (C=O) groups excluding carboxylic acids is 2. The van der Waals surface area contributed by atoms with Crippen LogP contribution in [-0.2, 0) is 0 Å². The van der Waals surface area contributed by atoms with E-state index in [9.17, 15) is 9.59 Å². The van der Waals surface area contributed by atoms with E-state index in [0.717, 1.165) is 5.75 Å². The molecule has 29 heavy (non-hydrogen) atoms. The highest BCUT2D eigenvalue weighted by Gasteiger charge is 2.12. The Kier molecular flexibility index (Phi) is 6.14. The Balaban J connectivity index is 1.72. The number of amides is 1. The van der Waals surface area contributed by atoms with Gasteiger partial charge in [-0.05, 0) is 73.7 Å². The van der Waals surface area contributed by atoms with E-state index in [0.29, 0.717) is 34.1 Å². The Morgan fingerprint density at radius 3 is 1.83 bits per heavy atom. The van der Waals surface area contributed by atoms with Crippen LogP contribution in [0.4, 0.5) is 5.69 Å². The molecule has 148 valence electrons. The molecule has 1 amide bonds. The number of hydrogen-bond donors (Lipinski definition) is 1. The standard InChI is InChI=1S/C23H21NO5/c1-15(25)17-6-13-22(28-3)21(14-17)24-23(26)16-4-7-19(8-5-16)29-20-11-9-18(27-2)10-12-20/h4-14H,1-3H3,(H,24,26). The van der Waals surface area contributed by atoms with Gasteiger partial charge in [0.15, 0.2) is 5.78 Å². The number of anilines is 1. The van der Waals surface area contributed by atoms with Gasteiger partial charge in [0.2, 0.25) is 0 Å². The van der Waals surface area contributed by atoms with E-state index >= 15 is 0 Å². The molecule has 0 radical (unpaired) electrons. The van der Waals surface area contributed by atoms with Crippen molar-refractivity contribution in [1.29, 1.82) is 0 Å². The molecule has 0 aliphatic heterocycles. The third-order valence-corrected chi connectivity index (χ3v) is 4.27. The lowest BCUT2D eigenvalue weighted by Gasteiger charge is -2.12. The summed E-state index contributed by atoms with van der Waals surface area (Å²) in [5, 5.41) is 2.78. The molecule has 0 atom stereocenters. The Morgan fingerprint density at radius 2 is 1.28 bits per heavy atom. The lowest BCUT2D eigenvalue weighted by molar-refractivity contribution is 0.101. The summed E-state index contributed by atoms with van der Waals surface area (Å²) in [5.74, 6) is 2.07. The number of Topliss-reactive ketones (excluding diaryl/α,β-unsaturated/α-hetero) is 1. The average Bonchev–Trinajstić information content (AvgIpc) is 2.74. The summed E-state index contributed by atoms with van der Waals surface area (Å²) in [6.45, 7) is 1.47. The van der Waals surface area contributed by atoms with Gasteiger partial charge in [0.25, 0.3) is 5.91 Å². The zero-order valence-corrected chi connectivity index (χ0v) is 16.4. The molecule has 0 saturated carbocycles. The maximum atomic E-state index is 12.6. The average molecular weight is 391 g/mol. The first-order valence-corrected chi connectivity index (χ1v) is 8.92. The number of nitrogens with one attached hydrogen (secondary N) is 1. The molecular formula is C23H21NO5. The van der Waals surface area contributed by atoms with Crippen molar-refractivity contribution in [3.8, 4) is 23.0 Å². The highest BCUT2D eigenvalue weighted by molar-refractivity contribution is 6.06. The molecule has 0 bridgehead atoms. The molecule has 1 N–H and O–H groups in total. The lowest BCUT2D eigenvalue weighted by atomic mass is 10.1. The predicted octanol–water partition coefficient (Wildman–Crippen LogP) is 4.95.